The molecule has 3 saturated carbocycles. The van der Waals surface area contributed by atoms with E-state index in [1.165, 1.54) is 37.9 Å². The molecule has 1 aliphatic heterocycles. The summed E-state index contributed by atoms with van der Waals surface area (Å²) in [4.78, 5) is 17.7. The van der Waals surface area contributed by atoms with E-state index in [0.29, 0.717) is 5.54 Å². The van der Waals surface area contributed by atoms with Crippen LogP contribution in [0.1, 0.15) is 64.9 Å². The molecular formula is C24H37N3O2. The number of amides is 1. The van der Waals surface area contributed by atoms with Gasteiger partial charge in [-0.05, 0) is 64.9 Å². The van der Waals surface area contributed by atoms with Gasteiger partial charge in [0.1, 0.15) is 5.60 Å². The molecule has 1 amide bonds. The number of hydrogen-bond acceptors (Lipinski definition) is 4. The number of piperazine rings is 1. The number of carbonyl (C=O) groups excluding carboxylic acids is 1. The summed E-state index contributed by atoms with van der Waals surface area (Å²) in [7, 11) is 0. The summed E-state index contributed by atoms with van der Waals surface area (Å²) in [5.41, 5.74) is 1.29. The van der Waals surface area contributed by atoms with Gasteiger partial charge in [-0.25, -0.2) is 4.79 Å². The molecule has 1 N–H and O–H groups in total. The first-order chi connectivity index (χ1) is 13.8. The summed E-state index contributed by atoms with van der Waals surface area (Å²) >= 11 is 0. The molecule has 1 aromatic carbocycles. The number of rotatable bonds is 4. The highest BCUT2D eigenvalue weighted by Gasteiger charge is 2.52. The average Bonchev–Trinajstić information content (AvgIpc) is 2.69. The topological polar surface area (TPSA) is 44.8 Å². The van der Waals surface area contributed by atoms with E-state index >= 15 is 0 Å². The lowest BCUT2D eigenvalue weighted by Gasteiger charge is -2.59. The van der Waals surface area contributed by atoms with Crippen molar-refractivity contribution in [3.63, 3.8) is 0 Å². The third-order valence-electron chi connectivity index (χ3n) is 7.26. The second-order valence-electron chi connectivity index (χ2n) is 10.4. The minimum atomic E-state index is -0.437. The van der Waals surface area contributed by atoms with E-state index in [-0.39, 0.29) is 11.6 Å². The maximum atomic E-state index is 12.3. The van der Waals surface area contributed by atoms with Gasteiger partial charge in [0.05, 0.1) is 0 Å². The van der Waals surface area contributed by atoms with Gasteiger partial charge >= 0.3 is 6.09 Å². The summed E-state index contributed by atoms with van der Waals surface area (Å²) in [5, 5.41) is 3.24. The van der Waals surface area contributed by atoms with Crippen molar-refractivity contribution in [1.82, 2.24) is 15.1 Å². The lowest BCUT2D eigenvalue weighted by molar-refractivity contribution is -0.0558. The Balaban J connectivity index is 1.28. The highest BCUT2D eigenvalue weighted by Crippen LogP contribution is 2.50. The molecule has 29 heavy (non-hydrogen) atoms. The maximum absolute atomic E-state index is 12.3. The molecule has 1 saturated heterocycles. The number of nitrogens with zero attached hydrogens (tertiary/aromatic N) is 2. The van der Waals surface area contributed by atoms with Gasteiger partial charge in [-0.3, -0.25) is 9.80 Å². The largest absolute Gasteiger partial charge is 0.444 e. The van der Waals surface area contributed by atoms with E-state index in [1.54, 1.807) is 0 Å². The second kappa shape index (κ2) is 7.92. The Morgan fingerprint density at radius 3 is 2.10 bits per heavy atom. The number of hydrogen-bond donors (Lipinski definition) is 1. The molecule has 5 nitrogen and oxygen atoms in total. The van der Waals surface area contributed by atoms with Crippen molar-refractivity contribution >= 4 is 6.09 Å². The van der Waals surface area contributed by atoms with Crippen LogP contribution in [-0.2, 0) is 11.3 Å². The molecule has 0 unspecified atom stereocenters. The van der Waals surface area contributed by atoms with Gasteiger partial charge in [0, 0.05) is 43.8 Å². The monoisotopic (exact) mass is 399 g/mol. The zero-order chi connectivity index (χ0) is 20.5. The zero-order valence-corrected chi connectivity index (χ0v) is 18.4. The minimum Gasteiger partial charge on any atom is -0.444 e. The van der Waals surface area contributed by atoms with E-state index in [1.807, 2.05) is 20.8 Å². The Labute approximate surface area is 175 Å². The third kappa shape index (κ3) is 4.77. The van der Waals surface area contributed by atoms with Crippen LogP contribution in [0.3, 0.4) is 0 Å². The number of fused-ring (bicyclic) bond motifs is 3. The summed E-state index contributed by atoms with van der Waals surface area (Å²) in [6, 6.07) is 10.8. The minimum absolute atomic E-state index is 0.0424. The van der Waals surface area contributed by atoms with Crippen molar-refractivity contribution in [3.05, 3.63) is 35.9 Å². The Morgan fingerprint density at radius 1 is 0.966 bits per heavy atom. The number of ether oxygens (including phenoxy) is 1. The first-order valence-electron chi connectivity index (χ1n) is 11.3. The fraction of sp³-hybridized carbons (Fsp3) is 0.708. The predicted molar refractivity (Wildman–Crippen MR) is 116 cm³/mol. The van der Waals surface area contributed by atoms with Crippen LogP contribution < -0.4 is 5.32 Å². The average molecular weight is 400 g/mol. The van der Waals surface area contributed by atoms with Crippen LogP contribution in [-0.4, -0.2) is 58.8 Å². The van der Waals surface area contributed by atoms with Crippen molar-refractivity contribution in [2.75, 3.05) is 26.2 Å². The van der Waals surface area contributed by atoms with Gasteiger partial charge in [0.25, 0.3) is 0 Å². The SMILES string of the molecule is CC(C)(C)OC(=O)NC12CCC(N3CCN(Cc4ccccc4)CC3)(CC1)CC2. The number of alkyl carbamates (subject to hydrolysis) is 1. The van der Waals surface area contributed by atoms with Crippen LogP contribution in [0.5, 0.6) is 0 Å². The van der Waals surface area contributed by atoms with E-state index in [9.17, 15) is 4.79 Å². The van der Waals surface area contributed by atoms with Gasteiger partial charge in [0.2, 0.25) is 0 Å². The van der Waals surface area contributed by atoms with Gasteiger partial charge in [-0.2, -0.15) is 0 Å². The van der Waals surface area contributed by atoms with Crippen LogP contribution in [0.4, 0.5) is 4.79 Å². The Hall–Kier alpha value is -1.59. The van der Waals surface area contributed by atoms with Crippen LogP contribution in [0.2, 0.25) is 0 Å². The lowest BCUT2D eigenvalue weighted by Crippen LogP contribution is -2.66. The lowest BCUT2D eigenvalue weighted by atomic mass is 9.60. The van der Waals surface area contributed by atoms with Crippen molar-refractivity contribution < 1.29 is 9.53 Å². The van der Waals surface area contributed by atoms with Gasteiger partial charge in [0.15, 0.2) is 0 Å². The molecule has 3 aliphatic carbocycles. The van der Waals surface area contributed by atoms with Crippen LogP contribution in [0, 0.1) is 0 Å². The van der Waals surface area contributed by atoms with E-state index in [2.05, 4.69) is 45.4 Å². The molecule has 1 heterocycles. The molecule has 4 fully saturated rings. The Kier molecular flexibility index (Phi) is 5.64. The molecule has 5 heteroatoms. The van der Waals surface area contributed by atoms with E-state index in [0.717, 1.165) is 38.9 Å². The summed E-state index contributed by atoms with van der Waals surface area (Å²) < 4.78 is 5.52. The van der Waals surface area contributed by atoms with Gasteiger partial charge < -0.3 is 10.1 Å². The first-order valence-corrected chi connectivity index (χ1v) is 11.3. The number of nitrogens with one attached hydrogen (secondary N) is 1. The van der Waals surface area contributed by atoms with E-state index in [4.69, 9.17) is 4.74 Å². The molecule has 4 aliphatic rings. The quantitative estimate of drug-likeness (QED) is 0.825. The predicted octanol–water partition coefficient (Wildman–Crippen LogP) is 4.17. The van der Waals surface area contributed by atoms with Crippen molar-refractivity contribution in [2.24, 2.45) is 0 Å². The number of carbonyl (C=O) groups is 1. The van der Waals surface area contributed by atoms with Crippen LogP contribution >= 0.6 is 0 Å². The molecule has 2 bridgehead atoms. The highest BCUT2D eigenvalue weighted by atomic mass is 16.6. The molecule has 0 aromatic heterocycles. The summed E-state index contributed by atoms with van der Waals surface area (Å²) in [5.74, 6) is 0. The normalized spacial score (nSPS) is 30.9. The standard InChI is InChI=1S/C24H37N3O2/c1-22(2,3)29-21(28)25-23-9-12-24(13-10-23,14-11-23)27-17-15-26(16-18-27)19-20-7-5-4-6-8-20/h4-8H,9-19H2,1-3H3,(H,25,28). The van der Waals surface area contributed by atoms with Gasteiger partial charge in [-0.15, -0.1) is 0 Å². The van der Waals surface area contributed by atoms with Crippen molar-refractivity contribution in [2.45, 2.75) is 82.5 Å². The maximum Gasteiger partial charge on any atom is 0.408 e. The molecule has 0 spiro atoms. The second-order valence-corrected chi connectivity index (χ2v) is 10.4. The zero-order valence-electron chi connectivity index (χ0n) is 18.4. The van der Waals surface area contributed by atoms with Gasteiger partial charge in [-0.1, -0.05) is 30.3 Å². The number of benzene rings is 1. The summed E-state index contributed by atoms with van der Waals surface area (Å²) in [6.07, 6.45) is 6.58. The highest BCUT2D eigenvalue weighted by molar-refractivity contribution is 5.69. The summed E-state index contributed by atoms with van der Waals surface area (Å²) in [6.45, 7) is 11.5. The van der Waals surface area contributed by atoms with Crippen molar-refractivity contribution in [3.8, 4) is 0 Å². The molecule has 160 valence electrons. The molecule has 0 radical (unpaired) electrons. The third-order valence-corrected chi connectivity index (χ3v) is 7.26. The molecule has 0 atom stereocenters. The fourth-order valence-electron chi connectivity index (χ4n) is 5.57. The van der Waals surface area contributed by atoms with Crippen molar-refractivity contribution in [1.29, 1.82) is 0 Å². The molecule has 5 rings (SSSR count). The Bertz CT molecular complexity index is 680. The van der Waals surface area contributed by atoms with Crippen LogP contribution in [0.25, 0.3) is 0 Å². The fourth-order valence-corrected chi connectivity index (χ4v) is 5.57. The Morgan fingerprint density at radius 2 is 1.55 bits per heavy atom. The smallest absolute Gasteiger partial charge is 0.408 e. The first kappa shape index (κ1) is 20.7. The molecular weight excluding hydrogens is 362 g/mol. The molecule has 1 aromatic rings. The van der Waals surface area contributed by atoms with Crippen LogP contribution in [0.15, 0.2) is 30.3 Å². The van der Waals surface area contributed by atoms with E-state index < -0.39 is 5.60 Å².